The minimum absolute atomic E-state index is 0.264. The lowest BCUT2D eigenvalue weighted by atomic mass is 10.2. The second-order valence-electron chi connectivity index (χ2n) is 4.84. The number of phenolic OH excluding ortho intramolecular Hbond substituents is 1. The van der Waals surface area contributed by atoms with Crippen LogP contribution in [0.4, 0.5) is 0 Å². The van der Waals surface area contributed by atoms with Crippen molar-refractivity contribution < 1.29 is 5.11 Å². The SMILES string of the molecule is CCNC(=NCc1ccc(O)cc1)NCc1ccc(Cl)cc1. The number of aromatic hydroxyl groups is 1. The van der Waals surface area contributed by atoms with Crippen molar-refractivity contribution in [2.45, 2.75) is 20.0 Å². The summed E-state index contributed by atoms with van der Waals surface area (Å²) in [5.74, 6) is 1.02. The van der Waals surface area contributed by atoms with Crippen LogP contribution in [-0.4, -0.2) is 17.6 Å². The molecule has 0 saturated heterocycles. The summed E-state index contributed by atoms with van der Waals surface area (Å²) in [6, 6.07) is 14.8. The van der Waals surface area contributed by atoms with Gasteiger partial charge in [-0.25, -0.2) is 4.99 Å². The monoisotopic (exact) mass is 317 g/mol. The maximum Gasteiger partial charge on any atom is 0.191 e. The molecule has 4 nitrogen and oxygen atoms in total. The summed E-state index contributed by atoms with van der Waals surface area (Å²) in [6.07, 6.45) is 0. The van der Waals surface area contributed by atoms with Crippen LogP contribution in [0.15, 0.2) is 53.5 Å². The summed E-state index contributed by atoms with van der Waals surface area (Å²) in [4.78, 5) is 4.53. The summed E-state index contributed by atoms with van der Waals surface area (Å²) in [5, 5.41) is 16.5. The van der Waals surface area contributed by atoms with Gasteiger partial charge in [0.2, 0.25) is 0 Å². The van der Waals surface area contributed by atoms with E-state index in [1.165, 1.54) is 0 Å². The van der Waals surface area contributed by atoms with Crippen molar-refractivity contribution in [2.24, 2.45) is 4.99 Å². The second-order valence-corrected chi connectivity index (χ2v) is 5.28. The Balaban J connectivity index is 1.94. The predicted molar refractivity (Wildman–Crippen MR) is 91.2 cm³/mol. The average Bonchev–Trinajstić information content (AvgIpc) is 2.53. The van der Waals surface area contributed by atoms with Crippen molar-refractivity contribution in [3.8, 4) is 5.75 Å². The first kappa shape index (κ1) is 16.2. The lowest BCUT2D eigenvalue weighted by Gasteiger charge is -2.11. The standard InChI is InChI=1S/C17H20ClN3O/c1-2-19-17(20-11-13-3-7-15(18)8-4-13)21-12-14-5-9-16(22)10-6-14/h3-10,22H,2,11-12H2,1H3,(H2,19,20,21). The highest BCUT2D eigenvalue weighted by molar-refractivity contribution is 6.30. The van der Waals surface area contributed by atoms with Gasteiger partial charge in [0.15, 0.2) is 5.96 Å². The van der Waals surface area contributed by atoms with Gasteiger partial charge in [-0.2, -0.15) is 0 Å². The Morgan fingerprint density at radius 1 is 1.00 bits per heavy atom. The Kier molecular flexibility index (Phi) is 6.10. The first-order valence-corrected chi connectivity index (χ1v) is 7.59. The van der Waals surface area contributed by atoms with Gasteiger partial charge in [-0.1, -0.05) is 35.9 Å². The number of halogens is 1. The van der Waals surface area contributed by atoms with Crippen LogP contribution in [0.5, 0.6) is 5.75 Å². The number of benzene rings is 2. The topological polar surface area (TPSA) is 56.7 Å². The Hall–Kier alpha value is -2.20. The highest BCUT2D eigenvalue weighted by Crippen LogP contribution is 2.11. The first-order chi connectivity index (χ1) is 10.7. The fourth-order valence-corrected chi connectivity index (χ4v) is 2.03. The van der Waals surface area contributed by atoms with E-state index in [0.29, 0.717) is 13.1 Å². The van der Waals surface area contributed by atoms with Crippen molar-refractivity contribution in [3.63, 3.8) is 0 Å². The van der Waals surface area contributed by atoms with E-state index >= 15 is 0 Å². The molecule has 22 heavy (non-hydrogen) atoms. The van der Waals surface area contributed by atoms with E-state index in [1.807, 2.05) is 43.3 Å². The molecule has 0 bridgehead atoms. The highest BCUT2D eigenvalue weighted by Gasteiger charge is 1.99. The molecule has 3 N–H and O–H groups in total. The zero-order valence-corrected chi connectivity index (χ0v) is 13.3. The van der Waals surface area contributed by atoms with E-state index in [-0.39, 0.29) is 5.75 Å². The van der Waals surface area contributed by atoms with Crippen LogP contribution in [0.2, 0.25) is 5.02 Å². The zero-order chi connectivity index (χ0) is 15.8. The molecule has 116 valence electrons. The van der Waals surface area contributed by atoms with Crippen LogP contribution in [0.1, 0.15) is 18.1 Å². The van der Waals surface area contributed by atoms with Gasteiger partial charge in [0, 0.05) is 18.1 Å². The Morgan fingerprint density at radius 3 is 2.27 bits per heavy atom. The molecule has 0 unspecified atom stereocenters. The molecule has 0 radical (unpaired) electrons. The summed E-state index contributed by atoms with van der Waals surface area (Å²) in [5.41, 5.74) is 2.18. The van der Waals surface area contributed by atoms with E-state index in [4.69, 9.17) is 11.6 Å². The molecule has 0 saturated carbocycles. The van der Waals surface area contributed by atoms with Gasteiger partial charge in [-0.3, -0.25) is 0 Å². The third-order valence-corrected chi connectivity index (χ3v) is 3.33. The number of guanidine groups is 1. The quantitative estimate of drug-likeness (QED) is 0.586. The van der Waals surface area contributed by atoms with Crippen LogP contribution < -0.4 is 10.6 Å². The molecule has 0 spiro atoms. The lowest BCUT2D eigenvalue weighted by Crippen LogP contribution is -2.36. The van der Waals surface area contributed by atoms with Crippen molar-refractivity contribution in [2.75, 3.05) is 6.54 Å². The molecule has 5 heteroatoms. The van der Waals surface area contributed by atoms with E-state index in [2.05, 4.69) is 15.6 Å². The molecule has 0 heterocycles. The van der Waals surface area contributed by atoms with Gasteiger partial charge in [0.25, 0.3) is 0 Å². The molecule has 2 rings (SSSR count). The molecule has 0 fully saturated rings. The Bertz CT molecular complexity index is 609. The number of nitrogens with zero attached hydrogens (tertiary/aromatic N) is 1. The fourth-order valence-electron chi connectivity index (χ4n) is 1.90. The van der Waals surface area contributed by atoms with Crippen molar-refractivity contribution >= 4 is 17.6 Å². The highest BCUT2D eigenvalue weighted by atomic mass is 35.5. The second kappa shape index (κ2) is 8.29. The largest absolute Gasteiger partial charge is 0.508 e. The van der Waals surface area contributed by atoms with E-state index in [1.54, 1.807) is 12.1 Å². The van der Waals surface area contributed by atoms with E-state index < -0.39 is 0 Å². The molecular weight excluding hydrogens is 298 g/mol. The van der Waals surface area contributed by atoms with Crippen LogP contribution >= 0.6 is 11.6 Å². The predicted octanol–water partition coefficient (Wildman–Crippen LogP) is 3.30. The van der Waals surface area contributed by atoms with Crippen LogP contribution in [0, 0.1) is 0 Å². The van der Waals surface area contributed by atoms with Crippen molar-refractivity contribution in [1.29, 1.82) is 0 Å². The van der Waals surface area contributed by atoms with Gasteiger partial charge in [0.05, 0.1) is 6.54 Å². The summed E-state index contributed by atoms with van der Waals surface area (Å²) >= 11 is 5.88. The average molecular weight is 318 g/mol. The molecule has 0 aliphatic heterocycles. The number of phenols is 1. The molecule has 2 aromatic rings. The summed E-state index contributed by atoms with van der Waals surface area (Å²) in [6.45, 7) is 4.05. The Morgan fingerprint density at radius 2 is 1.64 bits per heavy atom. The van der Waals surface area contributed by atoms with Gasteiger partial charge in [-0.05, 0) is 42.3 Å². The van der Waals surface area contributed by atoms with Crippen molar-refractivity contribution in [1.82, 2.24) is 10.6 Å². The molecule has 0 amide bonds. The number of hydrogen-bond acceptors (Lipinski definition) is 2. The zero-order valence-electron chi connectivity index (χ0n) is 12.5. The lowest BCUT2D eigenvalue weighted by molar-refractivity contribution is 0.475. The van der Waals surface area contributed by atoms with Crippen molar-refractivity contribution in [3.05, 3.63) is 64.7 Å². The van der Waals surface area contributed by atoms with Gasteiger partial charge in [0.1, 0.15) is 5.75 Å². The minimum Gasteiger partial charge on any atom is -0.508 e. The smallest absolute Gasteiger partial charge is 0.191 e. The summed E-state index contributed by atoms with van der Waals surface area (Å²) < 4.78 is 0. The number of hydrogen-bond donors (Lipinski definition) is 3. The Labute approximate surface area is 135 Å². The van der Waals surface area contributed by atoms with Crippen LogP contribution in [0.3, 0.4) is 0 Å². The fraction of sp³-hybridized carbons (Fsp3) is 0.235. The molecule has 0 atom stereocenters. The first-order valence-electron chi connectivity index (χ1n) is 7.22. The van der Waals surface area contributed by atoms with Crippen LogP contribution in [0.25, 0.3) is 0 Å². The molecule has 2 aromatic carbocycles. The van der Waals surface area contributed by atoms with Gasteiger partial charge >= 0.3 is 0 Å². The molecule has 0 aliphatic carbocycles. The minimum atomic E-state index is 0.264. The number of nitrogens with one attached hydrogen (secondary N) is 2. The number of rotatable bonds is 5. The van der Waals surface area contributed by atoms with Gasteiger partial charge in [-0.15, -0.1) is 0 Å². The maximum atomic E-state index is 9.28. The summed E-state index contributed by atoms with van der Waals surface area (Å²) in [7, 11) is 0. The maximum absolute atomic E-state index is 9.28. The van der Waals surface area contributed by atoms with E-state index in [9.17, 15) is 5.11 Å². The van der Waals surface area contributed by atoms with Crippen LogP contribution in [-0.2, 0) is 13.1 Å². The third-order valence-electron chi connectivity index (χ3n) is 3.07. The molecule has 0 aromatic heterocycles. The normalized spacial score (nSPS) is 11.3. The van der Waals surface area contributed by atoms with Gasteiger partial charge < -0.3 is 15.7 Å². The third kappa shape index (κ3) is 5.30. The molecule has 0 aliphatic rings. The van der Waals surface area contributed by atoms with E-state index in [0.717, 1.165) is 28.7 Å². The number of aliphatic imine (C=N–C) groups is 1. The molecular formula is C17H20ClN3O.